The minimum atomic E-state index is -0.678. The fourth-order valence-corrected chi connectivity index (χ4v) is 2.25. The number of oxazole rings is 1. The normalized spacial score (nSPS) is 11.8. The molecule has 2 heterocycles. The van der Waals surface area contributed by atoms with Crippen LogP contribution in [0.4, 0.5) is 0 Å². The molecule has 22 heavy (non-hydrogen) atoms. The second-order valence-electron chi connectivity index (χ2n) is 5.27. The molecule has 0 atom stereocenters. The van der Waals surface area contributed by atoms with Crippen molar-refractivity contribution in [3.8, 4) is 0 Å². The Balaban J connectivity index is 1.91. The van der Waals surface area contributed by atoms with Crippen LogP contribution in [0.3, 0.4) is 0 Å². The maximum atomic E-state index is 12.2. The van der Waals surface area contributed by atoms with Crippen LogP contribution in [-0.2, 0) is 0 Å². The van der Waals surface area contributed by atoms with Crippen molar-refractivity contribution >= 4 is 23.0 Å². The zero-order valence-electron chi connectivity index (χ0n) is 12.3. The fraction of sp³-hybridized carbons (Fsp3) is 0.176. The van der Waals surface area contributed by atoms with Gasteiger partial charge in [0.05, 0.1) is 5.69 Å². The molecular formula is C17H15NO4. The van der Waals surface area contributed by atoms with E-state index in [1.807, 2.05) is 44.2 Å². The van der Waals surface area contributed by atoms with Crippen molar-refractivity contribution in [2.75, 3.05) is 0 Å². The Morgan fingerprint density at radius 1 is 1.27 bits per heavy atom. The molecule has 0 aliphatic heterocycles. The number of hydrogen-bond acceptors (Lipinski definition) is 4. The zero-order valence-corrected chi connectivity index (χ0v) is 12.3. The number of carbonyl (C=O) groups is 1. The Kier molecular flexibility index (Phi) is 3.55. The lowest BCUT2D eigenvalue weighted by Gasteiger charge is -2.04. The van der Waals surface area contributed by atoms with E-state index in [1.54, 1.807) is 6.08 Å². The summed E-state index contributed by atoms with van der Waals surface area (Å²) in [4.78, 5) is 23.9. The van der Waals surface area contributed by atoms with Crippen molar-refractivity contribution in [1.29, 1.82) is 0 Å². The van der Waals surface area contributed by atoms with Crippen LogP contribution in [0.25, 0.3) is 17.0 Å². The third kappa shape index (κ3) is 2.53. The summed E-state index contributed by atoms with van der Waals surface area (Å²) < 4.78 is 11.4. The monoisotopic (exact) mass is 297 g/mol. The summed E-state index contributed by atoms with van der Waals surface area (Å²) in [5.41, 5.74) is 1.29. The Hall–Kier alpha value is -2.82. The highest BCUT2D eigenvalue weighted by Gasteiger charge is 2.16. The molecule has 0 unspecified atom stereocenters. The van der Waals surface area contributed by atoms with Crippen LogP contribution in [0.15, 0.2) is 56.3 Å². The molecule has 0 saturated heterocycles. The lowest BCUT2D eigenvalue weighted by atomic mass is 10.1. The molecule has 0 fully saturated rings. The third-order valence-corrected chi connectivity index (χ3v) is 3.37. The molecule has 112 valence electrons. The number of carbonyl (C=O) groups excluding carboxylic acids is 1. The van der Waals surface area contributed by atoms with Crippen molar-refractivity contribution < 1.29 is 13.6 Å². The van der Waals surface area contributed by atoms with Crippen molar-refractivity contribution in [1.82, 2.24) is 4.57 Å². The van der Waals surface area contributed by atoms with Crippen LogP contribution in [-0.4, -0.2) is 10.5 Å². The molecule has 3 aromatic rings. The number of para-hydroxylation sites is 1. The van der Waals surface area contributed by atoms with Gasteiger partial charge in [-0.3, -0.25) is 4.79 Å². The molecule has 0 amide bonds. The topological polar surface area (TPSA) is 65.3 Å². The Bertz CT molecular complexity index is 875. The Labute approximate surface area is 126 Å². The number of nitrogens with zero attached hydrogens (tertiary/aromatic N) is 1. The summed E-state index contributed by atoms with van der Waals surface area (Å²) in [6.45, 7) is 3.77. The van der Waals surface area contributed by atoms with Crippen molar-refractivity contribution in [2.24, 2.45) is 0 Å². The molecule has 0 aliphatic rings. The van der Waals surface area contributed by atoms with Gasteiger partial charge in [0, 0.05) is 11.5 Å². The Morgan fingerprint density at radius 3 is 2.77 bits per heavy atom. The van der Waals surface area contributed by atoms with Crippen molar-refractivity contribution in [2.45, 2.75) is 19.8 Å². The summed E-state index contributed by atoms with van der Waals surface area (Å²) in [6, 6.07) is 9.41. The van der Waals surface area contributed by atoms with E-state index >= 15 is 0 Å². The van der Waals surface area contributed by atoms with E-state index < -0.39 is 11.7 Å². The number of allylic oxidation sites excluding steroid dienone is 1. The number of fused-ring (bicyclic) bond motifs is 1. The van der Waals surface area contributed by atoms with Gasteiger partial charge in [-0.15, -0.1) is 0 Å². The predicted octanol–water partition coefficient (Wildman–Crippen LogP) is 3.66. The van der Waals surface area contributed by atoms with E-state index in [4.69, 9.17) is 8.83 Å². The quantitative estimate of drug-likeness (QED) is 0.692. The molecule has 3 rings (SSSR count). The van der Waals surface area contributed by atoms with Crippen LogP contribution in [0.1, 0.15) is 36.0 Å². The third-order valence-electron chi connectivity index (χ3n) is 3.37. The molecule has 0 aliphatic carbocycles. The molecule has 5 heteroatoms. The van der Waals surface area contributed by atoms with E-state index in [9.17, 15) is 9.59 Å². The molecule has 0 spiro atoms. The van der Waals surface area contributed by atoms with E-state index in [2.05, 4.69) is 0 Å². The lowest BCUT2D eigenvalue weighted by Crippen LogP contribution is -2.23. The summed E-state index contributed by atoms with van der Waals surface area (Å²) in [5.74, 6) is -0.571. The molecule has 1 aromatic carbocycles. The number of rotatable bonds is 3. The largest absolute Gasteiger partial charge is 0.457 e. The van der Waals surface area contributed by atoms with Gasteiger partial charge in [-0.25, -0.2) is 9.36 Å². The van der Waals surface area contributed by atoms with Gasteiger partial charge in [0.2, 0.25) is 0 Å². The summed E-state index contributed by atoms with van der Waals surface area (Å²) in [7, 11) is 0. The molecular weight excluding hydrogens is 282 g/mol. The Morgan fingerprint density at radius 2 is 2.05 bits per heavy atom. The van der Waals surface area contributed by atoms with Crippen LogP contribution in [0.2, 0.25) is 0 Å². The van der Waals surface area contributed by atoms with E-state index in [0.29, 0.717) is 11.5 Å². The lowest BCUT2D eigenvalue weighted by molar-refractivity contribution is 0.0958. The van der Waals surface area contributed by atoms with Crippen LogP contribution in [0, 0.1) is 0 Å². The minimum Gasteiger partial charge on any atom is -0.457 e. The molecule has 0 bridgehead atoms. The molecule has 0 N–H and O–H groups in total. The predicted molar refractivity (Wildman–Crippen MR) is 82.9 cm³/mol. The highest BCUT2D eigenvalue weighted by Crippen LogP contribution is 2.20. The van der Waals surface area contributed by atoms with E-state index in [-0.39, 0.29) is 5.92 Å². The van der Waals surface area contributed by atoms with Gasteiger partial charge < -0.3 is 8.83 Å². The minimum absolute atomic E-state index is 0.00926. The first kappa shape index (κ1) is 14.1. The van der Waals surface area contributed by atoms with Gasteiger partial charge in [0.15, 0.2) is 0 Å². The maximum Gasteiger partial charge on any atom is 0.426 e. The molecule has 2 aromatic heterocycles. The second-order valence-corrected chi connectivity index (χ2v) is 5.27. The first-order chi connectivity index (χ1) is 10.6. The van der Waals surface area contributed by atoms with Gasteiger partial charge in [-0.2, -0.15) is 0 Å². The van der Waals surface area contributed by atoms with Gasteiger partial charge >= 0.3 is 5.76 Å². The number of benzene rings is 1. The van der Waals surface area contributed by atoms with Gasteiger partial charge in [0.1, 0.15) is 17.6 Å². The SMILES string of the molecule is CC(C)c1coc(=O)n1C(=O)C=Cc1cc2ccccc2o1. The average molecular weight is 297 g/mol. The summed E-state index contributed by atoms with van der Waals surface area (Å²) in [6.07, 6.45) is 4.17. The average Bonchev–Trinajstić information content (AvgIpc) is 3.07. The van der Waals surface area contributed by atoms with Crippen molar-refractivity contribution in [3.05, 3.63) is 64.7 Å². The highest BCUT2D eigenvalue weighted by atomic mass is 16.4. The summed E-state index contributed by atoms with van der Waals surface area (Å²) >= 11 is 0. The molecule has 0 radical (unpaired) electrons. The number of hydrogen-bond donors (Lipinski definition) is 0. The van der Waals surface area contributed by atoms with Gasteiger partial charge in [-0.05, 0) is 24.1 Å². The van der Waals surface area contributed by atoms with Crippen LogP contribution >= 0.6 is 0 Å². The number of aromatic nitrogens is 1. The molecule has 5 nitrogen and oxygen atoms in total. The summed E-state index contributed by atoms with van der Waals surface area (Å²) in [5, 5.41) is 0.956. The number of furan rings is 1. The van der Waals surface area contributed by atoms with Gasteiger partial charge in [0.25, 0.3) is 5.91 Å². The van der Waals surface area contributed by atoms with E-state index in [1.165, 1.54) is 12.3 Å². The first-order valence-corrected chi connectivity index (χ1v) is 6.97. The zero-order chi connectivity index (χ0) is 15.7. The van der Waals surface area contributed by atoms with Gasteiger partial charge in [-0.1, -0.05) is 32.0 Å². The highest BCUT2D eigenvalue weighted by molar-refractivity contribution is 5.94. The smallest absolute Gasteiger partial charge is 0.426 e. The fourth-order valence-electron chi connectivity index (χ4n) is 2.25. The van der Waals surface area contributed by atoms with Crippen LogP contribution < -0.4 is 5.76 Å². The second kappa shape index (κ2) is 5.52. The maximum absolute atomic E-state index is 12.2. The first-order valence-electron chi connectivity index (χ1n) is 6.97. The van der Waals surface area contributed by atoms with Crippen molar-refractivity contribution in [3.63, 3.8) is 0 Å². The molecule has 0 saturated carbocycles. The standard InChI is InChI=1S/C17H15NO4/c1-11(2)14-10-21-17(20)18(14)16(19)8-7-13-9-12-5-3-4-6-15(12)22-13/h3-11H,1-2H3. The van der Waals surface area contributed by atoms with Crippen LogP contribution in [0.5, 0.6) is 0 Å². The van der Waals surface area contributed by atoms with E-state index in [0.717, 1.165) is 15.5 Å².